The summed E-state index contributed by atoms with van der Waals surface area (Å²) in [6, 6.07) is 0. The van der Waals surface area contributed by atoms with Crippen LogP contribution in [0, 0.1) is 6.92 Å². The smallest absolute Gasteiger partial charge is 0.180 e. The molecule has 0 radical (unpaired) electrons. The van der Waals surface area contributed by atoms with Crippen LogP contribution in [0.2, 0.25) is 0 Å². The van der Waals surface area contributed by atoms with Crippen LogP contribution in [0.1, 0.15) is 12.0 Å². The summed E-state index contributed by atoms with van der Waals surface area (Å²) in [4.78, 5) is 11.2. The molecular formula is C15H16N4OS. The van der Waals surface area contributed by atoms with E-state index in [2.05, 4.69) is 37.0 Å². The van der Waals surface area contributed by atoms with Gasteiger partial charge in [0.2, 0.25) is 0 Å². The summed E-state index contributed by atoms with van der Waals surface area (Å²) in [5.74, 6) is 0.855. The molecule has 1 aliphatic rings. The summed E-state index contributed by atoms with van der Waals surface area (Å²) < 4.78 is 2.09. The van der Waals surface area contributed by atoms with E-state index in [0.29, 0.717) is 6.54 Å². The summed E-state index contributed by atoms with van der Waals surface area (Å²) in [5.41, 5.74) is 4.42. The third kappa shape index (κ3) is 2.02. The molecule has 3 aromatic rings. The number of thiophene rings is 1. The number of aryl methyl sites for hydroxylation is 1. The van der Waals surface area contributed by atoms with Crippen LogP contribution in [-0.4, -0.2) is 38.7 Å². The maximum atomic E-state index is 9.73. The predicted molar refractivity (Wildman–Crippen MR) is 83.9 cm³/mol. The fraction of sp³-hybridized carbons (Fsp3) is 0.333. The molecule has 0 amide bonds. The van der Waals surface area contributed by atoms with Gasteiger partial charge in [0, 0.05) is 36.4 Å². The van der Waals surface area contributed by atoms with Crippen molar-refractivity contribution in [2.45, 2.75) is 19.4 Å². The van der Waals surface area contributed by atoms with Crippen molar-refractivity contribution < 1.29 is 5.11 Å². The van der Waals surface area contributed by atoms with E-state index in [4.69, 9.17) is 0 Å². The van der Waals surface area contributed by atoms with Crippen LogP contribution >= 0.6 is 11.3 Å². The minimum Gasteiger partial charge on any atom is -0.391 e. The van der Waals surface area contributed by atoms with E-state index in [9.17, 15) is 5.11 Å². The first-order valence-corrected chi connectivity index (χ1v) is 7.96. The summed E-state index contributed by atoms with van der Waals surface area (Å²) in [7, 11) is 0. The van der Waals surface area contributed by atoms with Gasteiger partial charge in [-0.25, -0.2) is 9.97 Å². The minimum absolute atomic E-state index is 0.263. The molecule has 0 bridgehead atoms. The molecule has 1 N–H and O–H groups in total. The highest BCUT2D eigenvalue weighted by atomic mass is 32.1. The molecular weight excluding hydrogens is 284 g/mol. The number of fused-ring (bicyclic) bond motifs is 1. The van der Waals surface area contributed by atoms with Gasteiger partial charge in [-0.15, -0.1) is 0 Å². The second-order valence-corrected chi connectivity index (χ2v) is 6.19. The lowest BCUT2D eigenvalue weighted by atomic mass is 10.2. The van der Waals surface area contributed by atoms with Crippen LogP contribution in [0.15, 0.2) is 29.4 Å². The monoisotopic (exact) mass is 300 g/mol. The molecule has 4 heterocycles. The third-order valence-corrected chi connectivity index (χ3v) is 4.87. The Morgan fingerprint density at radius 3 is 2.95 bits per heavy atom. The SMILES string of the molecule is Cc1cscc1-c1cnc2c(N3CCC(O)C3)nccn12. The zero-order valence-electron chi connectivity index (χ0n) is 11.7. The van der Waals surface area contributed by atoms with Gasteiger partial charge in [-0.05, 0) is 24.3 Å². The molecule has 0 spiro atoms. The van der Waals surface area contributed by atoms with E-state index in [0.717, 1.165) is 30.1 Å². The van der Waals surface area contributed by atoms with E-state index in [1.165, 1.54) is 11.1 Å². The van der Waals surface area contributed by atoms with Gasteiger partial charge in [0.15, 0.2) is 11.5 Å². The number of aliphatic hydroxyl groups is 1. The molecule has 1 aliphatic heterocycles. The van der Waals surface area contributed by atoms with Crippen molar-refractivity contribution in [3.63, 3.8) is 0 Å². The molecule has 0 aliphatic carbocycles. The van der Waals surface area contributed by atoms with Crippen molar-refractivity contribution in [3.05, 3.63) is 34.9 Å². The Morgan fingerprint density at radius 1 is 1.33 bits per heavy atom. The number of β-amino-alcohol motifs (C(OH)–C–C–N with tert-alkyl or cyclic N) is 1. The first-order chi connectivity index (χ1) is 10.2. The van der Waals surface area contributed by atoms with Crippen LogP contribution < -0.4 is 4.90 Å². The van der Waals surface area contributed by atoms with E-state index in [1.54, 1.807) is 17.5 Å². The van der Waals surface area contributed by atoms with Gasteiger partial charge < -0.3 is 10.0 Å². The molecule has 21 heavy (non-hydrogen) atoms. The molecule has 1 saturated heterocycles. The normalized spacial score (nSPS) is 18.8. The number of hydrogen-bond donors (Lipinski definition) is 1. The summed E-state index contributed by atoms with van der Waals surface area (Å²) in [6.07, 6.45) is 6.19. The Balaban J connectivity index is 1.85. The topological polar surface area (TPSA) is 53.7 Å². The lowest BCUT2D eigenvalue weighted by Gasteiger charge is -2.17. The first kappa shape index (κ1) is 12.8. The predicted octanol–water partition coefficient (Wildman–Crippen LogP) is 2.34. The van der Waals surface area contributed by atoms with Crippen molar-refractivity contribution in [2.24, 2.45) is 0 Å². The van der Waals surface area contributed by atoms with Crippen molar-refractivity contribution in [3.8, 4) is 11.3 Å². The quantitative estimate of drug-likeness (QED) is 0.789. The summed E-state index contributed by atoms with van der Waals surface area (Å²) in [5, 5.41) is 14.0. The largest absolute Gasteiger partial charge is 0.391 e. The molecule has 6 heteroatoms. The summed E-state index contributed by atoms with van der Waals surface area (Å²) in [6.45, 7) is 3.57. The second kappa shape index (κ2) is 4.82. The van der Waals surface area contributed by atoms with E-state index in [1.807, 2.05) is 12.4 Å². The fourth-order valence-electron chi connectivity index (χ4n) is 2.89. The molecule has 1 unspecified atom stereocenters. The van der Waals surface area contributed by atoms with Gasteiger partial charge in [-0.1, -0.05) is 0 Å². The van der Waals surface area contributed by atoms with Gasteiger partial charge >= 0.3 is 0 Å². The maximum Gasteiger partial charge on any atom is 0.180 e. The average Bonchev–Trinajstić information content (AvgIpc) is 3.17. The van der Waals surface area contributed by atoms with Crippen LogP contribution in [0.4, 0.5) is 5.82 Å². The van der Waals surface area contributed by atoms with Crippen molar-refractivity contribution in [1.29, 1.82) is 0 Å². The number of rotatable bonds is 2. The number of imidazole rings is 1. The minimum atomic E-state index is -0.263. The lowest BCUT2D eigenvalue weighted by Crippen LogP contribution is -2.23. The number of aliphatic hydroxyl groups excluding tert-OH is 1. The van der Waals surface area contributed by atoms with Crippen molar-refractivity contribution >= 4 is 22.8 Å². The van der Waals surface area contributed by atoms with E-state index >= 15 is 0 Å². The molecule has 108 valence electrons. The Bertz CT molecular complexity index is 794. The molecule has 1 atom stereocenters. The standard InChI is InChI=1S/C15H16N4OS/c1-10-8-21-9-12(10)13-6-17-15-14(16-3-5-19(13)15)18-4-2-11(20)7-18/h3,5-6,8-9,11,20H,2,4,7H2,1H3. The zero-order chi connectivity index (χ0) is 14.4. The van der Waals surface area contributed by atoms with Gasteiger partial charge in [0.05, 0.1) is 18.0 Å². The molecule has 0 aromatic carbocycles. The van der Waals surface area contributed by atoms with Crippen LogP contribution in [-0.2, 0) is 0 Å². The average molecular weight is 300 g/mol. The first-order valence-electron chi connectivity index (χ1n) is 7.02. The van der Waals surface area contributed by atoms with Crippen molar-refractivity contribution in [2.75, 3.05) is 18.0 Å². The highest BCUT2D eigenvalue weighted by Crippen LogP contribution is 2.30. The van der Waals surface area contributed by atoms with E-state index < -0.39 is 0 Å². The lowest BCUT2D eigenvalue weighted by molar-refractivity contribution is 0.198. The highest BCUT2D eigenvalue weighted by Gasteiger charge is 2.24. The van der Waals surface area contributed by atoms with Gasteiger partial charge in [-0.3, -0.25) is 4.40 Å². The zero-order valence-corrected chi connectivity index (χ0v) is 12.5. The van der Waals surface area contributed by atoms with Gasteiger partial charge in [-0.2, -0.15) is 11.3 Å². The molecule has 5 nitrogen and oxygen atoms in total. The number of aromatic nitrogens is 3. The summed E-state index contributed by atoms with van der Waals surface area (Å²) >= 11 is 1.70. The fourth-order valence-corrected chi connectivity index (χ4v) is 3.73. The Hall–Kier alpha value is -1.92. The molecule has 0 saturated carbocycles. The van der Waals surface area contributed by atoms with Crippen molar-refractivity contribution in [1.82, 2.24) is 14.4 Å². The molecule has 3 aromatic heterocycles. The second-order valence-electron chi connectivity index (χ2n) is 5.44. The maximum absolute atomic E-state index is 9.73. The molecule has 4 rings (SSSR count). The Labute approximate surface area is 126 Å². The third-order valence-electron chi connectivity index (χ3n) is 4.00. The number of anilines is 1. The van der Waals surface area contributed by atoms with Gasteiger partial charge in [0.1, 0.15) is 0 Å². The Kier molecular flexibility index (Phi) is 2.94. The van der Waals surface area contributed by atoms with Crippen LogP contribution in [0.25, 0.3) is 16.9 Å². The Morgan fingerprint density at radius 2 is 2.24 bits per heavy atom. The number of nitrogens with zero attached hydrogens (tertiary/aromatic N) is 4. The van der Waals surface area contributed by atoms with Crippen LogP contribution in [0.3, 0.4) is 0 Å². The van der Waals surface area contributed by atoms with Gasteiger partial charge in [0.25, 0.3) is 0 Å². The van der Waals surface area contributed by atoms with E-state index in [-0.39, 0.29) is 6.10 Å². The highest BCUT2D eigenvalue weighted by molar-refractivity contribution is 7.08. The van der Waals surface area contributed by atoms with Crippen LogP contribution in [0.5, 0.6) is 0 Å². The molecule has 1 fully saturated rings. The number of hydrogen-bond acceptors (Lipinski definition) is 5.